The lowest BCUT2D eigenvalue weighted by Gasteiger charge is -2.04. The van der Waals surface area contributed by atoms with Crippen LogP contribution < -0.4 is 0 Å². The highest BCUT2D eigenvalue weighted by Crippen LogP contribution is 2.24. The summed E-state index contributed by atoms with van der Waals surface area (Å²) < 4.78 is 0. The smallest absolute Gasteiger partial charge is 0.336 e. The zero-order chi connectivity index (χ0) is 13.8. The number of hydrogen-bond donors (Lipinski definition) is 1. The van der Waals surface area contributed by atoms with Gasteiger partial charge in [-0.15, -0.1) is 0 Å². The van der Waals surface area contributed by atoms with Gasteiger partial charge in [-0.3, -0.25) is 0 Å². The fourth-order valence-electron chi connectivity index (χ4n) is 1.71. The van der Waals surface area contributed by atoms with Gasteiger partial charge >= 0.3 is 5.97 Å². The molecule has 2 aromatic rings. The molecule has 0 aromatic heterocycles. The fraction of sp³-hybridized carbons (Fsp3) is 0. The highest BCUT2D eigenvalue weighted by Gasteiger charge is 2.10. The first-order valence-electron chi connectivity index (χ1n) is 5.53. The minimum absolute atomic E-state index is 0.193. The Labute approximate surface area is 120 Å². The molecule has 0 aliphatic carbocycles. The monoisotopic (exact) mass is 292 g/mol. The van der Waals surface area contributed by atoms with Crippen molar-refractivity contribution in [3.05, 3.63) is 69.7 Å². The Morgan fingerprint density at radius 1 is 1.00 bits per heavy atom. The third-order valence-corrected chi connectivity index (χ3v) is 2.95. The lowest BCUT2D eigenvalue weighted by atomic mass is 10.0. The topological polar surface area (TPSA) is 37.3 Å². The minimum Gasteiger partial charge on any atom is -0.478 e. The van der Waals surface area contributed by atoms with Gasteiger partial charge in [0.05, 0.1) is 5.57 Å². The third kappa shape index (κ3) is 3.60. The first-order valence-corrected chi connectivity index (χ1v) is 6.28. The summed E-state index contributed by atoms with van der Waals surface area (Å²) in [6.45, 7) is 0. The number of aliphatic carboxylic acids is 1. The molecule has 0 fully saturated rings. The highest BCUT2D eigenvalue weighted by molar-refractivity contribution is 6.35. The van der Waals surface area contributed by atoms with Gasteiger partial charge in [0, 0.05) is 10.0 Å². The van der Waals surface area contributed by atoms with Gasteiger partial charge in [0.25, 0.3) is 0 Å². The molecule has 4 heteroatoms. The maximum Gasteiger partial charge on any atom is 0.336 e. The standard InChI is InChI=1S/C15H10Cl2O2/c16-12-6-10(7-13(17)9-12)8-14(15(18)19)11-4-2-1-3-5-11/h1-9H,(H,18,19)/b14-8-. The van der Waals surface area contributed by atoms with Crippen molar-refractivity contribution in [2.24, 2.45) is 0 Å². The Kier molecular flexibility index (Phi) is 4.25. The molecule has 0 amide bonds. The van der Waals surface area contributed by atoms with Gasteiger partial charge in [-0.2, -0.15) is 0 Å². The second-order valence-electron chi connectivity index (χ2n) is 3.93. The predicted molar refractivity (Wildman–Crippen MR) is 78.4 cm³/mol. The number of carboxylic acids is 1. The Morgan fingerprint density at radius 2 is 1.58 bits per heavy atom. The van der Waals surface area contributed by atoms with E-state index in [1.165, 1.54) is 0 Å². The average molecular weight is 293 g/mol. The summed E-state index contributed by atoms with van der Waals surface area (Å²) in [7, 11) is 0. The average Bonchev–Trinajstić information content (AvgIpc) is 2.35. The van der Waals surface area contributed by atoms with E-state index < -0.39 is 5.97 Å². The number of rotatable bonds is 3. The summed E-state index contributed by atoms with van der Waals surface area (Å²) >= 11 is 11.8. The molecule has 2 aromatic carbocycles. The van der Waals surface area contributed by atoms with Gasteiger partial charge in [-0.1, -0.05) is 53.5 Å². The molecule has 0 spiro atoms. The molecule has 0 aliphatic heterocycles. The third-order valence-electron chi connectivity index (χ3n) is 2.51. The lowest BCUT2D eigenvalue weighted by molar-refractivity contribution is -0.130. The van der Waals surface area contributed by atoms with Crippen molar-refractivity contribution in [3.8, 4) is 0 Å². The van der Waals surface area contributed by atoms with Crippen molar-refractivity contribution < 1.29 is 9.90 Å². The minimum atomic E-state index is -0.998. The van der Waals surface area contributed by atoms with Crippen molar-refractivity contribution >= 4 is 40.8 Å². The molecular formula is C15H10Cl2O2. The van der Waals surface area contributed by atoms with Crippen molar-refractivity contribution in [2.75, 3.05) is 0 Å². The second kappa shape index (κ2) is 5.91. The summed E-state index contributed by atoms with van der Waals surface area (Å²) in [5, 5.41) is 10.2. The van der Waals surface area contributed by atoms with Gasteiger partial charge in [-0.05, 0) is 35.4 Å². The largest absolute Gasteiger partial charge is 0.478 e. The van der Waals surface area contributed by atoms with E-state index in [0.29, 0.717) is 21.2 Å². The molecule has 0 unspecified atom stereocenters. The lowest BCUT2D eigenvalue weighted by Crippen LogP contribution is -1.99. The molecule has 1 N–H and O–H groups in total. The number of carboxylic acid groups (broad SMARTS) is 1. The number of halogens is 2. The molecule has 0 saturated heterocycles. The van der Waals surface area contributed by atoms with E-state index in [1.54, 1.807) is 48.5 Å². The van der Waals surface area contributed by atoms with Crippen molar-refractivity contribution in [1.82, 2.24) is 0 Å². The predicted octanol–water partition coefficient (Wildman–Crippen LogP) is 4.62. The summed E-state index contributed by atoms with van der Waals surface area (Å²) in [5.41, 5.74) is 1.48. The van der Waals surface area contributed by atoms with Gasteiger partial charge in [0.2, 0.25) is 0 Å². The Bertz CT molecular complexity index is 614. The van der Waals surface area contributed by atoms with Gasteiger partial charge in [-0.25, -0.2) is 4.79 Å². The zero-order valence-corrected chi connectivity index (χ0v) is 11.3. The molecule has 0 heterocycles. The number of benzene rings is 2. The second-order valence-corrected chi connectivity index (χ2v) is 4.80. The molecule has 0 atom stereocenters. The molecule has 0 bridgehead atoms. The van der Waals surface area contributed by atoms with E-state index in [-0.39, 0.29) is 5.57 Å². The zero-order valence-electron chi connectivity index (χ0n) is 9.81. The van der Waals surface area contributed by atoms with Crippen LogP contribution in [0.1, 0.15) is 11.1 Å². The molecule has 0 saturated carbocycles. The van der Waals surface area contributed by atoms with Crippen LogP contribution in [0.2, 0.25) is 10.0 Å². The molecule has 0 aliphatic rings. The highest BCUT2D eigenvalue weighted by atomic mass is 35.5. The van der Waals surface area contributed by atoms with Crippen LogP contribution in [0.25, 0.3) is 11.6 Å². The maximum atomic E-state index is 11.3. The quantitative estimate of drug-likeness (QED) is 0.662. The Morgan fingerprint density at radius 3 is 2.11 bits per heavy atom. The molecule has 2 rings (SSSR count). The first kappa shape index (κ1) is 13.7. The molecule has 2 nitrogen and oxygen atoms in total. The van der Waals surface area contributed by atoms with E-state index in [0.717, 1.165) is 0 Å². The van der Waals surface area contributed by atoms with E-state index in [2.05, 4.69) is 0 Å². The van der Waals surface area contributed by atoms with E-state index in [1.807, 2.05) is 6.07 Å². The van der Waals surface area contributed by atoms with Crippen molar-refractivity contribution in [3.63, 3.8) is 0 Å². The van der Waals surface area contributed by atoms with Crippen LogP contribution in [0.15, 0.2) is 48.5 Å². The van der Waals surface area contributed by atoms with Crippen molar-refractivity contribution in [1.29, 1.82) is 0 Å². The SMILES string of the molecule is O=C(O)/C(=C\c1cc(Cl)cc(Cl)c1)c1ccccc1. The van der Waals surface area contributed by atoms with E-state index >= 15 is 0 Å². The Balaban J connectivity index is 2.50. The van der Waals surface area contributed by atoms with Crippen LogP contribution in [0, 0.1) is 0 Å². The van der Waals surface area contributed by atoms with Gasteiger partial charge in [0.1, 0.15) is 0 Å². The maximum absolute atomic E-state index is 11.3. The van der Waals surface area contributed by atoms with Crippen LogP contribution in [0.5, 0.6) is 0 Å². The Hall–Kier alpha value is -1.77. The number of carbonyl (C=O) groups is 1. The van der Waals surface area contributed by atoms with Crippen LogP contribution in [-0.2, 0) is 4.79 Å². The van der Waals surface area contributed by atoms with E-state index in [4.69, 9.17) is 23.2 Å². The molecule has 19 heavy (non-hydrogen) atoms. The van der Waals surface area contributed by atoms with Crippen LogP contribution in [0.4, 0.5) is 0 Å². The fourth-order valence-corrected chi connectivity index (χ4v) is 2.25. The summed E-state index contributed by atoms with van der Waals surface area (Å²) in [6, 6.07) is 13.8. The summed E-state index contributed by atoms with van der Waals surface area (Å²) in [5.74, 6) is -0.998. The number of hydrogen-bond acceptors (Lipinski definition) is 1. The van der Waals surface area contributed by atoms with Gasteiger partial charge in [0.15, 0.2) is 0 Å². The van der Waals surface area contributed by atoms with Crippen LogP contribution >= 0.6 is 23.2 Å². The van der Waals surface area contributed by atoms with Crippen LogP contribution in [-0.4, -0.2) is 11.1 Å². The van der Waals surface area contributed by atoms with Crippen molar-refractivity contribution in [2.45, 2.75) is 0 Å². The van der Waals surface area contributed by atoms with Gasteiger partial charge < -0.3 is 5.11 Å². The molecular weight excluding hydrogens is 283 g/mol. The summed E-state index contributed by atoms with van der Waals surface area (Å²) in [6.07, 6.45) is 1.55. The van der Waals surface area contributed by atoms with E-state index in [9.17, 15) is 9.90 Å². The first-order chi connectivity index (χ1) is 9.06. The molecule has 0 radical (unpaired) electrons. The molecule has 96 valence electrons. The summed E-state index contributed by atoms with van der Waals surface area (Å²) in [4.78, 5) is 11.3. The normalized spacial score (nSPS) is 11.4. The van der Waals surface area contributed by atoms with Crippen LogP contribution in [0.3, 0.4) is 0 Å².